The lowest BCUT2D eigenvalue weighted by Crippen LogP contribution is -2.45. The van der Waals surface area contributed by atoms with Crippen molar-refractivity contribution < 1.29 is 0 Å². The van der Waals surface area contributed by atoms with Gasteiger partial charge in [-0.1, -0.05) is 0 Å². The van der Waals surface area contributed by atoms with Crippen molar-refractivity contribution in [1.29, 1.82) is 0 Å². The summed E-state index contributed by atoms with van der Waals surface area (Å²) in [6, 6.07) is 0. The topological polar surface area (TPSA) is 63.2 Å². The molecule has 1 fully saturated rings. The van der Waals surface area contributed by atoms with Crippen molar-refractivity contribution in [2.24, 2.45) is 12.8 Å². The zero-order valence-electron chi connectivity index (χ0n) is 10.1. The summed E-state index contributed by atoms with van der Waals surface area (Å²) in [5, 5.41) is 4.44. The molecule has 0 saturated carbocycles. The molecule has 0 amide bonds. The van der Waals surface area contributed by atoms with Gasteiger partial charge in [0.25, 0.3) is 0 Å². The van der Waals surface area contributed by atoms with Crippen LogP contribution >= 0.6 is 0 Å². The average molecular weight is 224 g/mol. The molecule has 0 aliphatic carbocycles. The van der Waals surface area contributed by atoms with E-state index in [1.54, 1.807) is 0 Å². The lowest BCUT2D eigenvalue weighted by Gasteiger charge is -2.31. The first-order valence-corrected chi connectivity index (χ1v) is 5.74. The Morgan fingerprint density at radius 1 is 1.19 bits per heavy atom. The Bertz CT molecular complexity index is 339. The fourth-order valence-electron chi connectivity index (χ4n) is 1.89. The predicted octanol–water partition coefficient (Wildman–Crippen LogP) is -0.932. The number of aryl methyl sites for hydroxylation is 1. The highest BCUT2D eigenvalue weighted by molar-refractivity contribution is 5.30. The third kappa shape index (κ3) is 2.33. The number of anilines is 1. The fraction of sp³-hybridized carbons (Fsp3) is 0.800. The average Bonchev–Trinajstić information content (AvgIpc) is 2.62. The van der Waals surface area contributed by atoms with Crippen LogP contribution in [0.5, 0.6) is 0 Å². The molecule has 0 unspecified atom stereocenters. The van der Waals surface area contributed by atoms with E-state index < -0.39 is 0 Å². The fourth-order valence-corrected chi connectivity index (χ4v) is 1.89. The van der Waals surface area contributed by atoms with Gasteiger partial charge in [0.15, 0.2) is 0 Å². The Kier molecular flexibility index (Phi) is 3.40. The van der Waals surface area contributed by atoms with E-state index in [1.165, 1.54) is 0 Å². The van der Waals surface area contributed by atoms with Crippen molar-refractivity contribution in [3.05, 3.63) is 5.82 Å². The van der Waals surface area contributed by atoms with E-state index >= 15 is 0 Å². The molecular formula is C10H20N6. The highest BCUT2D eigenvalue weighted by Crippen LogP contribution is 2.11. The number of nitrogens with two attached hydrogens (primary N) is 1. The van der Waals surface area contributed by atoms with E-state index in [9.17, 15) is 0 Å². The largest absolute Gasteiger partial charge is 0.337 e. The maximum atomic E-state index is 5.53. The number of rotatable bonds is 3. The molecule has 2 heterocycles. The summed E-state index contributed by atoms with van der Waals surface area (Å²) in [6.45, 7) is 4.77. The molecule has 0 radical (unpaired) electrons. The van der Waals surface area contributed by atoms with E-state index in [-0.39, 0.29) is 0 Å². The van der Waals surface area contributed by atoms with Gasteiger partial charge in [-0.3, -0.25) is 4.68 Å². The summed E-state index contributed by atoms with van der Waals surface area (Å²) in [7, 11) is 4.07. The molecule has 2 N–H and O–H groups in total. The summed E-state index contributed by atoms with van der Waals surface area (Å²) in [6.07, 6.45) is 0.789. The molecule has 1 aromatic rings. The van der Waals surface area contributed by atoms with Crippen LogP contribution in [0.15, 0.2) is 0 Å². The van der Waals surface area contributed by atoms with E-state index in [4.69, 9.17) is 5.73 Å². The Morgan fingerprint density at radius 2 is 1.88 bits per heavy atom. The van der Waals surface area contributed by atoms with Crippen molar-refractivity contribution in [2.45, 2.75) is 6.42 Å². The van der Waals surface area contributed by atoms with Crippen LogP contribution in [0.4, 0.5) is 5.95 Å². The molecule has 0 bridgehead atoms. The van der Waals surface area contributed by atoms with Crippen LogP contribution in [0.3, 0.4) is 0 Å². The van der Waals surface area contributed by atoms with E-state index in [0.29, 0.717) is 6.54 Å². The molecule has 1 aromatic heterocycles. The zero-order chi connectivity index (χ0) is 11.5. The van der Waals surface area contributed by atoms with Crippen LogP contribution in [0, 0.1) is 0 Å². The lowest BCUT2D eigenvalue weighted by atomic mass is 10.3. The van der Waals surface area contributed by atoms with Crippen LogP contribution < -0.4 is 10.6 Å². The minimum atomic E-state index is 0.620. The number of hydrogen-bond donors (Lipinski definition) is 1. The standard InChI is InChI=1S/C10H20N6/c1-14-5-7-16(8-6-14)10-12-9(3-4-11)15(2)13-10/h3-8,11H2,1-2H3. The second-order valence-electron chi connectivity index (χ2n) is 4.28. The Balaban J connectivity index is 2.06. The first-order chi connectivity index (χ1) is 7.70. The van der Waals surface area contributed by atoms with Crippen LogP contribution in [-0.4, -0.2) is 59.4 Å². The normalized spacial score (nSPS) is 18.1. The van der Waals surface area contributed by atoms with E-state index in [2.05, 4.69) is 26.9 Å². The van der Waals surface area contributed by atoms with Gasteiger partial charge < -0.3 is 15.5 Å². The van der Waals surface area contributed by atoms with Gasteiger partial charge in [-0.05, 0) is 13.6 Å². The van der Waals surface area contributed by atoms with Crippen molar-refractivity contribution in [3.8, 4) is 0 Å². The molecular weight excluding hydrogens is 204 g/mol. The molecule has 90 valence electrons. The number of piperazine rings is 1. The highest BCUT2D eigenvalue weighted by Gasteiger charge is 2.18. The molecule has 2 rings (SSSR count). The molecule has 1 aliphatic heterocycles. The molecule has 1 aliphatic rings. The third-order valence-electron chi connectivity index (χ3n) is 3.00. The van der Waals surface area contributed by atoms with Crippen molar-refractivity contribution in [1.82, 2.24) is 19.7 Å². The zero-order valence-corrected chi connectivity index (χ0v) is 10.1. The molecule has 0 atom stereocenters. The maximum Gasteiger partial charge on any atom is 0.245 e. The molecule has 16 heavy (non-hydrogen) atoms. The number of likely N-dealkylation sites (N-methyl/N-ethyl adjacent to an activating group) is 1. The minimum absolute atomic E-state index is 0.620. The second-order valence-corrected chi connectivity index (χ2v) is 4.28. The third-order valence-corrected chi connectivity index (χ3v) is 3.00. The van der Waals surface area contributed by atoms with Crippen LogP contribution in [-0.2, 0) is 13.5 Å². The van der Waals surface area contributed by atoms with Crippen LogP contribution in [0.25, 0.3) is 0 Å². The summed E-state index contributed by atoms with van der Waals surface area (Å²) < 4.78 is 1.83. The van der Waals surface area contributed by atoms with Gasteiger partial charge in [0.2, 0.25) is 5.95 Å². The second kappa shape index (κ2) is 4.80. The summed E-state index contributed by atoms with van der Waals surface area (Å²) in [5.41, 5.74) is 5.53. The Labute approximate surface area is 96.0 Å². The predicted molar refractivity (Wildman–Crippen MR) is 63.5 cm³/mol. The first kappa shape index (κ1) is 11.3. The van der Waals surface area contributed by atoms with Crippen molar-refractivity contribution in [3.63, 3.8) is 0 Å². The number of nitrogens with zero attached hydrogens (tertiary/aromatic N) is 5. The van der Waals surface area contributed by atoms with Gasteiger partial charge in [-0.15, -0.1) is 5.10 Å². The van der Waals surface area contributed by atoms with Gasteiger partial charge in [0, 0.05) is 39.6 Å². The monoisotopic (exact) mass is 224 g/mol. The smallest absolute Gasteiger partial charge is 0.245 e. The van der Waals surface area contributed by atoms with Gasteiger partial charge >= 0.3 is 0 Å². The molecule has 1 saturated heterocycles. The molecule has 0 aromatic carbocycles. The summed E-state index contributed by atoms with van der Waals surface area (Å²) >= 11 is 0. The number of aromatic nitrogens is 3. The Hall–Kier alpha value is -1.14. The van der Waals surface area contributed by atoms with Gasteiger partial charge in [-0.25, -0.2) is 0 Å². The first-order valence-electron chi connectivity index (χ1n) is 5.74. The number of hydrogen-bond acceptors (Lipinski definition) is 5. The minimum Gasteiger partial charge on any atom is -0.337 e. The highest BCUT2D eigenvalue weighted by atomic mass is 15.4. The SMILES string of the molecule is CN1CCN(c2nc(CCN)n(C)n2)CC1. The molecule has 6 heteroatoms. The molecule has 6 nitrogen and oxygen atoms in total. The summed E-state index contributed by atoms with van der Waals surface area (Å²) in [4.78, 5) is 9.08. The van der Waals surface area contributed by atoms with Crippen LogP contribution in [0.1, 0.15) is 5.82 Å². The Morgan fingerprint density at radius 3 is 2.50 bits per heavy atom. The van der Waals surface area contributed by atoms with E-state index in [1.807, 2.05) is 11.7 Å². The van der Waals surface area contributed by atoms with Gasteiger partial charge in [-0.2, -0.15) is 4.98 Å². The maximum absolute atomic E-state index is 5.53. The van der Waals surface area contributed by atoms with Crippen molar-refractivity contribution in [2.75, 3.05) is 44.7 Å². The summed E-state index contributed by atoms with van der Waals surface area (Å²) in [5.74, 6) is 1.82. The van der Waals surface area contributed by atoms with Gasteiger partial charge in [0.05, 0.1) is 0 Å². The van der Waals surface area contributed by atoms with Gasteiger partial charge in [0.1, 0.15) is 5.82 Å². The van der Waals surface area contributed by atoms with Crippen molar-refractivity contribution >= 4 is 5.95 Å². The van der Waals surface area contributed by atoms with Crippen LogP contribution in [0.2, 0.25) is 0 Å². The molecule has 0 spiro atoms. The quantitative estimate of drug-likeness (QED) is 0.718. The lowest BCUT2D eigenvalue weighted by molar-refractivity contribution is 0.311. The van der Waals surface area contributed by atoms with E-state index in [0.717, 1.165) is 44.4 Å².